The number of nitrogens with one attached hydrogen (secondary N) is 1. The van der Waals surface area contributed by atoms with Crippen molar-refractivity contribution >= 4 is 18.3 Å². The second-order valence-corrected chi connectivity index (χ2v) is 3.44. The fourth-order valence-corrected chi connectivity index (χ4v) is 1.91. The highest BCUT2D eigenvalue weighted by atomic mass is 35.5. The van der Waals surface area contributed by atoms with E-state index in [2.05, 4.69) is 5.32 Å². The molecule has 13 heavy (non-hydrogen) atoms. The number of ether oxygens (including phenoxy) is 1. The zero-order chi connectivity index (χ0) is 8.60. The van der Waals surface area contributed by atoms with Crippen LogP contribution in [0.1, 0.15) is 12.8 Å². The first-order valence-electron chi connectivity index (χ1n) is 4.36. The molecular weight excluding hydrogens is 192 g/mol. The lowest BCUT2D eigenvalue weighted by atomic mass is 10.0. The molecule has 0 aromatic rings. The van der Waals surface area contributed by atoms with Crippen LogP contribution in [0.4, 0.5) is 0 Å². The SMILES string of the molecule is CN1C(=O)COC12CCNCC2.Cl. The lowest BCUT2D eigenvalue weighted by Gasteiger charge is -2.37. The van der Waals surface area contributed by atoms with Crippen LogP contribution in [0.15, 0.2) is 0 Å². The maximum atomic E-state index is 11.2. The van der Waals surface area contributed by atoms with Crippen molar-refractivity contribution in [1.82, 2.24) is 10.2 Å². The summed E-state index contributed by atoms with van der Waals surface area (Å²) in [6, 6.07) is 0. The van der Waals surface area contributed by atoms with Gasteiger partial charge in [0.15, 0.2) is 0 Å². The molecule has 0 unspecified atom stereocenters. The molecule has 0 aliphatic carbocycles. The summed E-state index contributed by atoms with van der Waals surface area (Å²) in [4.78, 5) is 13.0. The molecule has 2 aliphatic rings. The standard InChI is InChI=1S/C8H14N2O2.ClH/c1-10-7(11)6-12-8(10)2-4-9-5-3-8;/h9H,2-6H2,1H3;1H. The van der Waals surface area contributed by atoms with Gasteiger partial charge >= 0.3 is 0 Å². The van der Waals surface area contributed by atoms with Gasteiger partial charge in [-0.2, -0.15) is 0 Å². The molecule has 0 saturated carbocycles. The Hall–Kier alpha value is -0.320. The second kappa shape index (κ2) is 3.82. The van der Waals surface area contributed by atoms with Crippen LogP contribution in [0.25, 0.3) is 0 Å². The molecule has 5 heteroatoms. The molecule has 0 radical (unpaired) electrons. The summed E-state index contributed by atoms with van der Waals surface area (Å²) in [6.45, 7) is 2.14. The number of hydrogen-bond donors (Lipinski definition) is 1. The van der Waals surface area contributed by atoms with Crippen LogP contribution in [-0.2, 0) is 9.53 Å². The number of carbonyl (C=O) groups is 1. The van der Waals surface area contributed by atoms with Gasteiger partial charge in [0.25, 0.3) is 5.91 Å². The van der Waals surface area contributed by atoms with E-state index in [1.165, 1.54) is 0 Å². The van der Waals surface area contributed by atoms with Crippen molar-refractivity contribution in [2.45, 2.75) is 18.6 Å². The van der Waals surface area contributed by atoms with E-state index in [9.17, 15) is 4.79 Å². The Kier molecular flexibility index (Phi) is 3.16. The Morgan fingerprint density at radius 3 is 2.54 bits per heavy atom. The van der Waals surface area contributed by atoms with Crippen LogP contribution in [0.5, 0.6) is 0 Å². The summed E-state index contributed by atoms with van der Waals surface area (Å²) in [5.74, 6) is 0.108. The summed E-state index contributed by atoms with van der Waals surface area (Å²) in [7, 11) is 1.83. The number of piperidine rings is 1. The monoisotopic (exact) mass is 206 g/mol. The van der Waals surface area contributed by atoms with Gasteiger partial charge in [-0.15, -0.1) is 12.4 Å². The first kappa shape index (κ1) is 10.8. The van der Waals surface area contributed by atoms with Gasteiger partial charge in [0.2, 0.25) is 0 Å². The molecule has 1 N–H and O–H groups in total. The van der Waals surface area contributed by atoms with Crippen LogP contribution in [0.2, 0.25) is 0 Å². The highest BCUT2D eigenvalue weighted by Crippen LogP contribution is 2.30. The number of likely N-dealkylation sites (N-methyl/N-ethyl adjacent to an activating group) is 1. The van der Waals surface area contributed by atoms with Crippen molar-refractivity contribution < 1.29 is 9.53 Å². The van der Waals surface area contributed by atoms with Gasteiger partial charge in [0, 0.05) is 19.9 Å². The Morgan fingerprint density at radius 2 is 2.08 bits per heavy atom. The molecule has 0 aromatic heterocycles. The minimum Gasteiger partial charge on any atom is -0.346 e. The number of amides is 1. The van der Waals surface area contributed by atoms with Gasteiger partial charge in [-0.05, 0) is 13.1 Å². The van der Waals surface area contributed by atoms with E-state index < -0.39 is 0 Å². The number of rotatable bonds is 0. The third-order valence-corrected chi connectivity index (χ3v) is 2.83. The molecular formula is C8H15ClN2O2. The Balaban J connectivity index is 0.000000845. The van der Waals surface area contributed by atoms with Gasteiger partial charge in [-0.3, -0.25) is 4.79 Å². The van der Waals surface area contributed by atoms with Crippen LogP contribution >= 0.6 is 12.4 Å². The highest BCUT2D eigenvalue weighted by molar-refractivity contribution is 5.85. The number of nitrogens with zero attached hydrogens (tertiary/aromatic N) is 1. The number of halogens is 1. The van der Waals surface area contributed by atoms with Gasteiger partial charge in [-0.25, -0.2) is 0 Å². The van der Waals surface area contributed by atoms with Crippen LogP contribution in [-0.4, -0.2) is 43.3 Å². The molecule has 0 atom stereocenters. The van der Waals surface area contributed by atoms with Crippen molar-refractivity contribution in [2.75, 3.05) is 26.7 Å². The van der Waals surface area contributed by atoms with Crippen LogP contribution in [0, 0.1) is 0 Å². The van der Waals surface area contributed by atoms with Crippen molar-refractivity contribution in [1.29, 1.82) is 0 Å². The molecule has 4 nitrogen and oxygen atoms in total. The van der Waals surface area contributed by atoms with E-state index in [1.54, 1.807) is 4.90 Å². The van der Waals surface area contributed by atoms with Crippen molar-refractivity contribution in [3.63, 3.8) is 0 Å². The van der Waals surface area contributed by atoms with Crippen molar-refractivity contribution in [3.05, 3.63) is 0 Å². The topological polar surface area (TPSA) is 41.6 Å². The summed E-state index contributed by atoms with van der Waals surface area (Å²) in [6.07, 6.45) is 1.82. The van der Waals surface area contributed by atoms with Gasteiger partial charge < -0.3 is 15.0 Å². The average molecular weight is 207 g/mol. The van der Waals surface area contributed by atoms with Crippen LogP contribution < -0.4 is 5.32 Å². The summed E-state index contributed by atoms with van der Waals surface area (Å²) in [5.41, 5.74) is -0.275. The second-order valence-electron chi connectivity index (χ2n) is 3.44. The van der Waals surface area contributed by atoms with E-state index >= 15 is 0 Å². The normalized spacial score (nSPS) is 26.2. The quantitative estimate of drug-likeness (QED) is 0.606. The van der Waals surface area contributed by atoms with E-state index in [0.717, 1.165) is 25.9 Å². The highest BCUT2D eigenvalue weighted by Gasteiger charge is 2.44. The number of hydrogen-bond acceptors (Lipinski definition) is 3. The van der Waals surface area contributed by atoms with E-state index in [4.69, 9.17) is 4.74 Å². The molecule has 1 spiro atoms. The summed E-state index contributed by atoms with van der Waals surface area (Å²) < 4.78 is 5.54. The van der Waals surface area contributed by atoms with E-state index in [-0.39, 0.29) is 30.6 Å². The minimum absolute atomic E-state index is 0. The average Bonchev–Trinajstić information content (AvgIpc) is 2.37. The lowest BCUT2D eigenvalue weighted by Crippen LogP contribution is -2.51. The third kappa shape index (κ3) is 1.66. The van der Waals surface area contributed by atoms with Gasteiger partial charge in [0.1, 0.15) is 12.3 Å². The van der Waals surface area contributed by atoms with Crippen LogP contribution in [0.3, 0.4) is 0 Å². The minimum atomic E-state index is -0.275. The Bertz CT molecular complexity index is 204. The van der Waals surface area contributed by atoms with Gasteiger partial charge in [0.05, 0.1) is 0 Å². The van der Waals surface area contributed by atoms with Crippen molar-refractivity contribution in [2.24, 2.45) is 0 Å². The van der Waals surface area contributed by atoms with Gasteiger partial charge in [-0.1, -0.05) is 0 Å². The molecule has 76 valence electrons. The smallest absolute Gasteiger partial charge is 0.250 e. The Labute approximate surface area is 84.0 Å². The maximum Gasteiger partial charge on any atom is 0.250 e. The molecule has 2 fully saturated rings. The first-order chi connectivity index (χ1) is 5.75. The lowest BCUT2D eigenvalue weighted by molar-refractivity contribution is -0.132. The predicted octanol–water partition coefficient (Wildman–Crippen LogP) is -0.0235. The van der Waals surface area contributed by atoms with E-state index in [0.29, 0.717) is 0 Å². The zero-order valence-electron chi connectivity index (χ0n) is 7.71. The molecule has 2 rings (SSSR count). The summed E-state index contributed by atoms with van der Waals surface area (Å²) >= 11 is 0. The fourth-order valence-electron chi connectivity index (χ4n) is 1.91. The first-order valence-corrected chi connectivity index (χ1v) is 4.36. The zero-order valence-corrected chi connectivity index (χ0v) is 8.52. The molecule has 2 heterocycles. The largest absolute Gasteiger partial charge is 0.346 e. The van der Waals surface area contributed by atoms with E-state index in [1.807, 2.05) is 7.05 Å². The molecule has 0 aromatic carbocycles. The molecule has 0 bridgehead atoms. The number of carbonyl (C=O) groups excluding carboxylic acids is 1. The maximum absolute atomic E-state index is 11.2. The third-order valence-electron chi connectivity index (χ3n) is 2.83. The molecule has 2 aliphatic heterocycles. The predicted molar refractivity (Wildman–Crippen MR) is 50.8 cm³/mol. The van der Waals surface area contributed by atoms with Crippen molar-refractivity contribution in [3.8, 4) is 0 Å². The molecule has 1 amide bonds. The fraction of sp³-hybridized carbons (Fsp3) is 0.875. The summed E-state index contributed by atoms with van der Waals surface area (Å²) in [5, 5.41) is 3.25. The Morgan fingerprint density at radius 1 is 1.46 bits per heavy atom. The molecule has 2 saturated heterocycles.